The molecule has 5 heteroatoms. The van der Waals surface area contributed by atoms with Crippen molar-refractivity contribution in [2.75, 3.05) is 0 Å². The summed E-state index contributed by atoms with van der Waals surface area (Å²) < 4.78 is 24.0. The van der Waals surface area contributed by atoms with E-state index in [1.165, 1.54) is 0 Å². The first-order valence-electron chi connectivity index (χ1n) is 6.24. The lowest BCUT2D eigenvalue weighted by molar-refractivity contribution is 0.584. The summed E-state index contributed by atoms with van der Waals surface area (Å²) in [5.41, 5.74) is 1.83. The Kier molecular flexibility index (Phi) is 5.76. The highest BCUT2D eigenvalue weighted by Gasteiger charge is 2.12. The topological polar surface area (TPSA) is 58.5 Å². The molecule has 1 rings (SSSR count). The van der Waals surface area contributed by atoms with Gasteiger partial charge in [0.2, 0.25) is 0 Å². The Hall–Kier alpha value is -1.62. The van der Waals surface area contributed by atoms with E-state index in [0.717, 1.165) is 24.1 Å². The van der Waals surface area contributed by atoms with Crippen molar-refractivity contribution in [1.29, 1.82) is 0 Å². The van der Waals surface area contributed by atoms with E-state index < -0.39 is 10.0 Å². The van der Waals surface area contributed by atoms with Crippen LogP contribution in [0.25, 0.3) is 0 Å². The third-order valence-electron chi connectivity index (χ3n) is 2.70. The molecule has 0 unspecified atom stereocenters. The number of allylic oxidation sites excluding steroid dienone is 1. The van der Waals surface area contributed by atoms with Gasteiger partial charge in [0.25, 0.3) is 10.0 Å². The molecule has 0 bridgehead atoms. The van der Waals surface area contributed by atoms with Crippen LogP contribution in [0.1, 0.15) is 31.7 Å². The summed E-state index contributed by atoms with van der Waals surface area (Å²) in [5.74, 6) is 0. The number of benzene rings is 1. The van der Waals surface area contributed by atoms with E-state index in [1.807, 2.05) is 13.8 Å². The van der Waals surface area contributed by atoms with E-state index in [9.17, 15) is 8.42 Å². The van der Waals surface area contributed by atoms with Crippen molar-refractivity contribution in [3.05, 3.63) is 42.5 Å². The van der Waals surface area contributed by atoms with Crippen molar-refractivity contribution in [2.45, 2.75) is 38.0 Å². The number of nitrogens with zero attached hydrogens (tertiary/aromatic N) is 1. The van der Waals surface area contributed by atoms with Crippen molar-refractivity contribution in [3.8, 4) is 0 Å². The molecular weight excluding hydrogens is 260 g/mol. The minimum absolute atomic E-state index is 0.223. The van der Waals surface area contributed by atoms with E-state index in [-0.39, 0.29) is 4.90 Å². The van der Waals surface area contributed by atoms with E-state index in [1.54, 1.807) is 30.3 Å². The van der Waals surface area contributed by atoms with Crippen LogP contribution in [0.15, 0.2) is 46.9 Å². The number of nitrogens with one attached hydrogen (secondary N) is 1. The average Bonchev–Trinajstić information content (AvgIpc) is 2.39. The summed E-state index contributed by atoms with van der Waals surface area (Å²) >= 11 is 0. The molecule has 0 heterocycles. The number of sulfonamides is 1. The second-order valence-corrected chi connectivity index (χ2v) is 5.93. The number of rotatable bonds is 7. The van der Waals surface area contributed by atoms with Crippen LogP contribution in [0, 0.1) is 6.92 Å². The SMILES string of the molecule is C=CCC/C(CC)=N\NS(=O)(=O)c1ccc(C)cc1. The van der Waals surface area contributed by atoms with Gasteiger partial charge in [0.15, 0.2) is 0 Å². The fraction of sp³-hybridized carbons (Fsp3) is 0.357. The van der Waals surface area contributed by atoms with Gasteiger partial charge in [-0.1, -0.05) is 30.7 Å². The summed E-state index contributed by atoms with van der Waals surface area (Å²) in [6.07, 6.45) is 4.01. The molecule has 0 fully saturated rings. The molecule has 0 aliphatic heterocycles. The molecule has 1 aromatic rings. The second-order valence-electron chi connectivity index (χ2n) is 4.27. The molecule has 0 saturated carbocycles. The lowest BCUT2D eigenvalue weighted by atomic mass is 10.2. The monoisotopic (exact) mass is 280 g/mol. The van der Waals surface area contributed by atoms with Gasteiger partial charge in [-0.25, -0.2) is 4.83 Å². The Morgan fingerprint density at radius 3 is 2.53 bits per heavy atom. The zero-order valence-corrected chi connectivity index (χ0v) is 12.2. The highest BCUT2D eigenvalue weighted by atomic mass is 32.2. The van der Waals surface area contributed by atoms with Gasteiger partial charge in [-0.2, -0.15) is 13.5 Å². The highest BCUT2D eigenvalue weighted by Crippen LogP contribution is 2.10. The summed E-state index contributed by atoms with van der Waals surface area (Å²) in [4.78, 5) is 2.50. The largest absolute Gasteiger partial charge is 0.276 e. The predicted molar refractivity (Wildman–Crippen MR) is 78.7 cm³/mol. The van der Waals surface area contributed by atoms with Crippen molar-refractivity contribution in [2.24, 2.45) is 5.10 Å². The highest BCUT2D eigenvalue weighted by molar-refractivity contribution is 7.89. The van der Waals surface area contributed by atoms with Gasteiger partial charge in [-0.3, -0.25) is 0 Å². The summed E-state index contributed by atoms with van der Waals surface area (Å²) in [6.45, 7) is 7.49. The molecular formula is C14H20N2O2S. The Morgan fingerprint density at radius 2 is 2.00 bits per heavy atom. The molecule has 4 nitrogen and oxygen atoms in total. The summed E-state index contributed by atoms with van der Waals surface area (Å²) in [5, 5.41) is 3.98. The molecule has 0 aliphatic carbocycles. The fourth-order valence-electron chi connectivity index (χ4n) is 1.48. The van der Waals surface area contributed by atoms with Gasteiger partial charge in [0, 0.05) is 5.71 Å². The van der Waals surface area contributed by atoms with E-state index in [4.69, 9.17) is 0 Å². The first-order valence-corrected chi connectivity index (χ1v) is 7.72. The van der Waals surface area contributed by atoms with Gasteiger partial charge in [0.1, 0.15) is 0 Å². The molecule has 0 amide bonds. The van der Waals surface area contributed by atoms with Gasteiger partial charge >= 0.3 is 0 Å². The van der Waals surface area contributed by atoms with E-state index in [0.29, 0.717) is 6.42 Å². The quantitative estimate of drug-likeness (QED) is 0.474. The molecule has 104 valence electrons. The zero-order valence-electron chi connectivity index (χ0n) is 11.4. The van der Waals surface area contributed by atoms with Crippen LogP contribution < -0.4 is 4.83 Å². The van der Waals surface area contributed by atoms with Crippen LogP contribution in [0.3, 0.4) is 0 Å². The molecule has 0 spiro atoms. The maximum absolute atomic E-state index is 12.0. The maximum atomic E-state index is 12.0. The second kappa shape index (κ2) is 7.09. The Balaban J connectivity index is 2.81. The molecule has 1 aromatic carbocycles. The Morgan fingerprint density at radius 1 is 1.37 bits per heavy atom. The summed E-state index contributed by atoms with van der Waals surface area (Å²) in [6, 6.07) is 6.67. The molecule has 19 heavy (non-hydrogen) atoms. The van der Waals surface area contributed by atoms with Crippen LogP contribution in [0.4, 0.5) is 0 Å². The average molecular weight is 280 g/mol. The van der Waals surface area contributed by atoms with Crippen LogP contribution in [0.5, 0.6) is 0 Å². The van der Waals surface area contributed by atoms with E-state index in [2.05, 4.69) is 16.5 Å². The summed E-state index contributed by atoms with van der Waals surface area (Å²) in [7, 11) is -3.57. The number of aryl methyl sites for hydroxylation is 1. The number of hydrazone groups is 1. The lowest BCUT2D eigenvalue weighted by Gasteiger charge is -2.06. The predicted octanol–water partition coefficient (Wildman–Crippen LogP) is 3.01. The van der Waals surface area contributed by atoms with Crippen molar-refractivity contribution in [1.82, 2.24) is 4.83 Å². The normalized spacial score (nSPS) is 12.2. The lowest BCUT2D eigenvalue weighted by Crippen LogP contribution is -2.20. The Bertz CT molecular complexity index is 545. The van der Waals surface area contributed by atoms with Gasteiger partial charge < -0.3 is 0 Å². The molecule has 0 aliphatic rings. The van der Waals surface area contributed by atoms with Crippen molar-refractivity contribution >= 4 is 15.7 Å². The van der Waals surface area contributed by atoms with Crippen LogP contribution >= 0.6 is 0 Å². The minimum atomic E-state index is -3.57. The third-order valence-corrected chi connectivity index (χ3v) is 3.92. The number of hydrogen-bond donors (Lipinski definition) is 1. The number of hydrogen-bond acceptors (Lipinski definition) is 3. The molecule has 0 aromatic heterocycles. The fourth-order valence-corrected chi connectivity index (χ4v) is 2.32. The van der Waals surface area contributed by atoms with Crippen LogP contribution in [-0.2, 0) is 10.0 Å². The molecule has 0 saturated heterocycles. The minimum Gasteiger partial charge on any atom is -0.200 e. The van der Waals surface area contributed by atoms with Gasteiger partial charge in [-0.15, -0.1) is 6.58 Å². The van der Waals surface area contributed by atoms with E-state index >= 15 is 0 Å². The molecule has 0 atom stereocenters. The maximum Gasteiger partial charge on any atom is 0.276 e. The smallest absolute Gasteiger partial charge is 0.200 e. The van der Waals surface area contributed by atoms with Crippen LogP contribution in [0.2, 0.25) is 0 Å². The first-order chi connectivity index (χ1) is 8.99. The first kappa shape index (κ1) is 15.4. The standard InChI is InChI=1S/C14H20N2O2S/c1-4-6-7-13(5-2)15-16-19(17,18)14-10-8-12(3)9-11-14/h4,8-11,16H,1,5-7H2,2-3H3/b15-13-. The zero-order chi connectivity index (χ0) is 14.3. The molecule has 1 N–H and O–H groups in total. The van der Waals surface area contributed by atoms with Gasteiger partial charge in [-0.05, 0) is 38.3 Å². The van der Waals surface area contributed by atoms with Crippen LogP contribution in [-0.4, -0.2) is 14.1 Å². The van der Waals surface area contributed by atoms with Crippen molar-refractivity contribution in [3.63, 3.8) is 0 Å². The third kappa shape index (κ3) is 4.87. The van der Waals surface area contributed by atoms with Gasteiger partial charge in [0.05, 0.1) is 4.90 Å². The molecule has 0 radical (unpaired) electrons. The Labute approximate surface area is 115 Å². The van der Waals surface area contributed by atoms with Crippen molar-refractivity contribution < 1.29 is 8.42 Å².